The molecule has 0 amide bonds. The largest absolute Gasteiger partial charge is 0.489 e. The summed E-state index contributed by atoms with van der Waals surface area (Å²) in [7, 11) is 0. The van der Waals surface area contributed by atoms with Gasteiger partial charge in [-0.15, -0.1) is 0 Å². The minimum atomic E-state index is -0.444. The van der Waals surface area contributed by atoms with Gasteiger partial charge in [0, 0.05) is 30.2 Å². The van der Waals surface area contributed by atoms with Gasteiger partial charge >= 0.3 is 5.97 Å². The number of carbonyl (C=O) groups is 1. The first-order chi connectivity index (χ1) is 14.3. The molecule has 30 heavy (non-hydrogen) atoms. The van der Waals surface area contributed by atoms with E-state index in [0.29, 0.717) is 31.2 Å². The number of benzene rings is 2. The number of halogens is 1. The molecule has 2 aromatic rings. The van der Waals surface area contributed by atoms with Gasteiger partial charge in [0.2, 0.25) is 0 Å². The van der Waals surface area contributed by atoms with E-state index in [0.717, 1.165) is 30.0 Å². The van der Waals surface area contributed by atoms with Crippen molar-refractivity contribution in [2.75, 3.05) is 26.2 Å². The van der Waals surface area contributed by atoms with Crippen LogP contribution in [0.3, 0.4) is 0 Å². The van der Waals surface area contributed by atoms with E-state index in [2.05, 4.69) is 4.90 Å². The van der Waals surface area contributed by atoms with Gasteiger partial charge in [-0.2, -0.15) is 0 Å². The topological polar surface area (TPSA) is 48.0 Å². The zero-order valence-electron chi connectivity index (χ0n) is 17.9. The second-order valence-electron chi connectivity index (χ2n) is 8.45. The molecule has 0 aliphatic carbocycles. The molecular weight excluding hydrogens is 402 g/mol. The molecule has 1 atom stereocenters. The number of rotatable bonds is 7. The minimum Gasteiger partial charge on any atom is -0.489 e. The highest BCUT2D eigenvalue weighted by atomic mass is 35.5. The first-order valence-electron chi connectivity index (χ1n) is 10.3. The molecule has 0 aromatic heterocycles. The molecule has 5 nitrogen and oxygen atoms in total. The molecule has 1 fully saturated rings. The van der Waals surface area contributed by atoms with Crippen LogP contribution >= 0.6 is 11.6 Å². The van der Waals surface area contributed by atoms with Gasteiger partial charge in [-0.1, -0.05) is 41.9 Å². The second-order valence-corrected chi connectivity index (χ2v) is 8.85. The molecule has 0 N–H and O–H groups in total. The van der Waals surface area contributed by atoms with Crippen LogP contribution in [0.4, 0.5) is 0 Å². The summed E-state index contributed by atoms with van der Waals surface area (Å²) >= 11 is 6.18. The molecule has 1 aliphatic heterocycles. The van der Waals surface area contributed by atoms with Gasteiger partial charge in [-0.25, -0.2) is 0 Å². The average Bonchev–Trinajstić information content (AvgIpc) is 2.71. The zero-order valence-corrected chi connectivity index (χ0v) is 18.7. The van der Waals surface area contributed by atoms with Crippen LogP contribution in [0, 0.1) is 0 Å². The molecule has 162 valence electrons. The summed E-state index contributed by atoms with van der Waals surface area (Å²) in [5.41, 5.74) is 1.61. The van der Waals surface area contributed by atoms with Gasteiger partial charge in [-0.3, -0.25) is 9.69 Å². The van der Waals surface area contributed by atoms with Crippen LogP contribution in [0.15, 0.2) is 48.5 Å². The molecule has 1 heterocycles. The van der Waals surface area contributed by atoms with E-state index in [9.17, 15) is 4.79 Å². The van der Waals surface area contributed by atoms with Gasteiger partial charge in [0.25, 0.3) is 0 Å². The van der Waals surface area contributed by atoms with Gasteiger partial charge in [-0.05, 0) is 44.5 Å². The van der Waals surface area contributed by atoms with Crippen molar-refractivity contribution in [2.24, 2.45) is 0 Å². The van der Waals surface area contributed by atoms with Gasteiger partial charge < -0.3 is 14.2 Å². The third kappa shape index (κ3) is 7.01. The van der Waals surface area contributed by atoms with Crippen molar-refractivity contribution in [3.63, 3.8) is 0 Å². The molecule has 0 bridgehead atoms. The van der Waals surface area contributed by atoms with Crippen LogP contribution < -0.4 is 4.74 Å². The standard InChI is InChI=1S/C24H30ClNO4/c1-24(2,3)30-23(27)12-13-26-14-15-28-22(16-26)18-8-10-20(11-9-18)29-17-19-6-4-5-7-21(19)25/h4-11,22H,12-17H2,1-3H3. The Balaban J connectivity index is 1.49. The number of ether oxygens (including phenoxy) is 3. The van der Waals surface area contributed by atoms with Gasteiger partial charge in [0.15, 0.2) is 0 Å². The van der Waals surface area contributed by atoms with Crippen molar-refractivity contribution < 1.29 is 19.0 Å². The first kappa shape index (κ1) is 22.6. The van der Waals surface area contributed by atoms with Crippen LogP contribution in [0.5, 0.6) is 5.75 Å². The Morgan fingerprint density at radius 2 is 1.90 bits per heavy atom. The highest BCUT2D eigenvalue weighted by molar-refractivity contribution is 6.31. The fourth-order valence-corrected chi connectivity index (χ4v) is 3.49. The van der Waals surface area contributed by atoms with Gasteiger partial charge in [0.1, 0.15) is 18.0 Å². The summed E-state index contributed by atoms with van der Waals surface area (Å²) in [4.78, 5) is 14.2. The lowest BCUT2D eigenvalue weighted by atomic mass is 10.1. The molecule has 0 spiro atoms. The third-order valence-corrected chi connectivity index (χ3v) is 5.18. The quantitative estimate of drug-likeness (QED) is 0.576. The van der Waals surface area contributed by atoms with E-state index in [-0.39, 0.29) is 12.1 Å². The van der Waals surface area contributed by atoms with E-state index >= 15 is 0 Å². The van der Waals surface area contributed by atoms with Gasteiger partial charge in [0.05, 0.1) is 19.1 Å². The Morgan fingerprint density at radius 1 is 1.17 bits per heavy atom. The number of hydrogen-bond acceptors (Lipinski definition) is 5. The molecule has 6 heteroatoms. The Morgan fingerprint density at radius 3 is 2.60 bits per heavy atom. The summed E-state index contributed by atoms with van der Waals surface area (Å²) in [5.74, 6) is 0.627. The zero-order chi connectivity index (χ0) is 21.6. The summed E-state index contributed by atoms with van der Waals surface area (Å²) in [6.45, 7) is 8.97. The van der Waals surface area contributed by atoms with E-state index < -0.39 is 5.60 Å². The maximum Gasteiger partial charge on any atom is 0.307 e. The fourth-order valence-electron chi connectivity index (χ4n) is 3.30. The van der Waals surface area contributed by atoms with Crippen molar-refractivity contribution in [3.05, 3.63) is 64.7 Å². The maximum atomic E-state index is 12.0. The van der Waals surface area contributed by atoms with E-state index in [4.69, 9.17) is 25.8 Å². The molecule has 1 aliphatic rings. The number of esters is 1. The molecular formula is C24H30ClNO4. The fraction of sp³-hybridized carbons (Fsp3) is 0.458. The van der Waals surface area contributed by atoms with Crippen molar-refractivity contribution >= 4 is 17.6 Å². The van der Waals surface area contributed by atoms with Crippen molar-refractivity contribution in [3.8, 4) is 5.75 Å². The van der Waals surface area contributed by atoms with Crippen LogP contribution in [0.1, 0.15) is 44.4 Å². The Hall–Kier alpha value is -2.08. The monoisotopic (exact) mass is 431 g/mol. The predicted molar refractivity (Wildman–Crippen MR) is 118 cm³/mol. The lowest BCUT2D eigenvalue weighted by Crippen LogP contribution is -2.39. The summed E-state index contributed by atoms with van der Waals surface area (Å²) < 4.78 is 17.2. The smallest absolute Gasteiger partial charge is 0.307 e. The SMILES string of the molecule is CC(C)(C)OC(=O)CCN1CCOC(c2ccc(OCc3ccccc3Cl)cc2)C1. The van der Waals surface area contributed by atoms with Crippen LogP contribution in [0.2, 0.25) is 5.02 Å². The summed E-state index contributed by atoms with van der Waals surface area (Å²) in [5, 5.41) is 0.705. The summed E-state index contributed by atoms with van der Waals surface area (Å²) in [6.07, 6.45) is 0.369. The lowest BCUT2D eigenvalue weighted by molar-refractivity contribution is -0.155. The number of morpholine rings is 1. The Labute approximate surface area is 183 Å². The van der Waals surface area contributed by atoms with Crippen LogP contribution in [-0.2, 0) is 20.9 Å². The molecule has 2 aromatic carbocycles. The molecule has 1 unspecified atom stereocenters. The van der Waals surface area contributed by atoms with E-state index in [1.807, 2.05) is 69.3 Å². The number of nitrogens with zero attached hydrogens (tertiary/aromatic N) is 1. The first-order valence-corrected chi connectivity index (χ1v) is 10.7. The third-order valence-electron chi connectivity index (χ3n) is 4.81. The highest BCUT2D eigenvalue weighted by Gasteiger charge is 2.23. The second kappa shape index (κ2) is 10.3. The van der Waals surface area contributed by atoms with Crippen molar-refractivity contribution in [2.45, 2.75) is 45.5 Å². The summed E-state index contributed by atoms with van der Waals surface area (Å²) in [6, 6.07) is 15.6. The molecule has 3 rings (SSSR count). The molecule has 1 saturated heterocycles. The van der Waals surface area contributed by atoms with E-state index in [1.165, 1.54) is 0 Å². The highest BCUT2D eigenvalue weighted by Crippen LogP contribution is 2.25. The molecule has 0 radical (unpaired) electrons. The predicted octanol–water partition coefficient (Wildman–Crippen LogP) is 5.02. The average molecular weight is 432 g/mol. The number of hydrogen-bond donors (Lipinski definition) is 0. The van der Waals surface area contributed by atoms with Crippen molar-refractivity contribution in [1.82, 2.24) is 4.90 Å². The maximum absolute atomic E-state index is 12.0. The van der Waals surface area contributed by atoms with Crippen LogP contribution in [-0.4, -0.2) is 42.7 Å². The minimum absolute atomic E-state index is 0.0185. The Bertz CT molecular complexity index is 832. The normalized spacial score (nSPS) is 17.5. The van der Waals surface area contributed by atoms with Crippen molar-refractivity contribution in [1.29, 1.82) is 0 Å². The Kier molecular flexibility index (Phi) is 7.75. The van der Waals surface area contributed by atoms with Crippen LogP contribution in [0.25, 0.3) is 0 Å². The lowest BCUT2D eigenvalue weighted by Gasteiger charge is -2.33. The number of carbonyl (C=O) groups excluding carboxylic acids is 1. The van der Waals surface area contributed by atoms with E-state index in [1.54, 1.807) is 0 Å². The molecule has 0 saturated carbocycles.